The Bertz CT molecular complexity index is 863. The summed E-state index contributed by atoms with van der Waals surface area (Å²) >= 11 is 0. The number of carbonyl (C=O) groups is 1. The van der Waals surface area contributed by atoms with Gasteiger partial charge < -0.3 is 20.3 Å². The number of rotatable bonds is 6. The maximum Gasteiger partial charge on any atom is 0.240 e. The maximum atomic E-state index is 12.7. The van der Waals surface area contributed by atoms with Crippen LogP contribution in [0.15, 0.2) is 54.6 Å². The second-order valence-corrected chi connectivity index (χ2v) is 7.65. The highest BCUT2D eigenvalue weighted by Gasteiger charge is 2.36. The van der Waals surface area contributed by atoms with Crippen LogP contribution in [-0.2, 0) is 11.3 Å². The Balaban J connectivity index is 1.25. The fourth-order valence-electron chi connectivity index (χ4n) is 4.01. The lowest BCUT2D eigenvalue weighted by Crippen LogP contribution is -2.45. The molecule has 6 nitrogen and oxygen atoms in total. The normalized spacial score (nSPS) is 23.7. The van der Waals surface area contributed by atoms with E-state index in [1.807, 2.05) is 42.5 Å². The summed E-state index contributed by atoms with van der Waals surface area (Å²) in [7, 11) is 0. The molecule has 2 heterocycles. The van der Waals surface area contributed by atoms with Crippen molar-refractivity contribution in [1.29, 1.82) is 5.26 Å². The molecule has 3 atom stereocenters. The third kappa shape index (κ3) is 4.76. The Morgan fingerprint density at radius 2 is 1.93 bits per heavy atom. The molecule has 2 fully saturated rings. The SMILES string of the molecule is N#C[C@@H]1CCCN1C(=O)[C@@H]1CC(NCc2ccc(Oc3ccccc3)cc2)CN1. The number of nitriles is 1. The number of nitrogens with zero attached hydrogens (tertiary/aromatic N) is 2. The van der Waals surface area contributed by atoms with Crippen LogP contribution < -0.4 is 15.4 Å². The average Bonchev–Trinajstić information content (AvgIpc) is 3.43. The molecule has 6 heteroatoms. The Morgan fingerprint density at radius 1 is 1.17 bits per heavy atom. The Kier molecular flexibility index (Phi) is 6.09. The standard InChI is InChI=1S/C23H26N4O2/c24-14-19-5-4-12-27(19)23(28)22-13-18(16-26-22)25-15-17-8-10-21(11-9-17)29-20-6-2-1-3-7-20/h1-3,6-11,18-19,22,25-26H,4-5,12-13,15-16H2/t18?,19-,22-/m0/s1. The maximum absolute atomic E-state index is 12.7. The number of benzene rings is 2. The van der Waals surface area contributed by atoms with Gasteiger partial charge in [0, 0.05) is 25.7 Å². The van der Waals surface area contributed by atoms with Crippen molar-refractivity contribution in [1.82, 2.24) is 15.5 Å². The lowest BCUT2D eigenvalue weighted by molar-refractivity contribution is -0.133. The van der Waals surface area contributed by atoms with E-state index in [1.54, 1.807) is 4.90 Å². The number of hydrogen-bond acceptors (Lipinski definition) is 5. The molecule has 150 valence electrons. The van der Waals surface area contributed by atoms with Gasteiger partial charge in [-0.25, -0.2) is 0 Å². The van der Waals surface area contributed by atoms with E-state index >= 15 is 0 Å². The van der Waals surface area contributed by atoms with Gasteiger partial charge in [0.2, 0.25) is 5.91 Å². The summed E-state index contributed by atoms with van der Waals surface area (Å²) in [6, 6.07) is 19.8. The van der Waals surface area contributed by atoms with E-state index in [4.69, 9.17) is 4.74 Å². The number of carbonyl (C=O) groups excluding carboxylic acids is 1. The summed E-state index contributed by atoms with van der Waals surface area (Å²) in [5, 5.41) is 16.1. The number of ether oxygens (including phenoxy) is 1. The van der Waals surface area contributed by atoms with E-state index in [2.05, 4.69) is 28.8 Å². The summed E-state index contributed by atoms with van der Waals surface area (Å²) in [6.07, 6.45) is 2.46. The van der Waals surface area contributed by atoms with Crippen LogP contribution in [-0.4, -0.2) is 42.0 Å². The largest absolute Gasteiger partial charge is 0.457 e. The number of hydrogen-bond donors (Lipinski definition) is 2. The molecule has 0 aliphatic carbocycles. The minimum atomic E-state index is -0.257. The first-order valence-corrected chi connectivity index (χ1v) is 10.2. The summed E-state index contributed by atoms with van der Waals surface area (Å²) < 4.78 is 5.82. The van der Waals surface area contributed by atoms with Crippen molar-refractivity contribution in [3.63, 3.8) is 0 Å². The van der Waals surface area contributed by atoms with E-state index in [0.29, 0.717) is 6.54 Å². The van der Waals surface area contributed by atoms with Crippen LogP contribution in [0.3, 0.4) is 0 Å². The van der Waals surface area contributed by atoms with Gasteiger partial charge in [0.05, 0.1) is 12.1 Å². The van der Waals surface area contributed by atoms with Crippen LogP contribution in [0.4, 0.5) is 0 Å². The van der Waals surface area contributed by atoms with Crippen molar-refractivity contribution in [2.45, 2.75) is 43.9 Å². The first kappa shape index (κ1) is 19.4. The lowest BCUT2D eigenvalue weighted by atomic mass is 10.1. The van der Waals surface area contributed by atoms with Gasteiger partial charge in [0.25, 0.3) is 0 Å². The lowest BCUT2D eigenvalue weighted by Gasteiger charge is -2.23. The van der Waals surface area contributed by atoms with Gasteiger partial charge in [-0.05, 0) is 49.1 Å². The summed E-state index contributed by atoms with van der Waals surface area (Å²) in [5.74, 6) is 1.70. The van der Waals surface area contributed by atoms with Gasteiger partial charge in [-0.3, -0.25) is 4.79 Å². The average molecular weight is 390 g/mol. The van der Waals surface area contributed by atoms with E-state index in [-0.39, 0.29) is 24.0 Å². The molecule has 2 aliphatic heterocycles. The molecule has 0 radical (unpaired) electrons. The molecule has 2 saturated heterocycles. The van der Waals surface area contributed by atoms with Crippen molar-refractivity contribution >= 4 is 5.91 Å². The van der Waals surface area contributed by atoms with Crippen LogP contribution in [0.25, 0.3) is 0 Å². The van der Waals surface area contributed by atoms with Gasteiger partial charge in [-0.2, -0.15) is 5.26 Å². The summed E-state index contributed by atoms with van der Waals surface area (Å²) in [5.41, 5.74) is 1.17. The Hall–Kier alpha value is -2.88. The first-order chi connectivity index (χ1) is 14.2. The smallest absolute Gasteiger partial charge is 0.240 e. The number of nitrogens with one attached hydrogen (secondary N) is 2. The molecule has 2 aromatic rings. The molecule has 2 N–H and O–H groups in total. The second-order valence-electron chi connectivity index (χ2n) is 7.65. The van der Waals surface area contributed by atoms with E-state index in [0.717, 1.165) is 43.9 Å². The van der Waals surface area contributed by atoms with Gasteiger partial charge >= 0.3 is 0 Å². The van der Waals surface area contributed by atoms with Crippen LogP contribution in [0.1, 0.15) is 24.8 Å². The zero-order valence-electron chi connectivity index (χ0n) is 16.4. The van der Waals surface area contributed by atoms with Crippen molar-refractivity contribution in [2.75, 3.05) is 13.1 Å². The monoisotopic (exact) mass is 390 g/mol. The number of likely N-dealkylation sites (tertiary alicyclic amines) is 1. The van der Waals surface area contributed by atoms with Crippen LogP contribution in [0, 0.1) is 11.3 Å². The van der Waals surface area contributed by atoms with Crippen LogP contribution in [0.2, 0.25) is 0 Å². The summed E-state index contributed by atoms with van der Waals surface area (Å²) in [4.78, 5) is 14.4. The van der Waals surface area contributed by atoms with Gasteiger partial charge in [0.1, 0.15) is 17.5 Å². The fraction of sp³-hybridized carbons (Fsp3) is 0.391. The Morgan fingerprint density at radius 3 is 2.69 bits per heavy atom. The van der Waals surface area contributed by atoms with Gasteiger partial charge in [0.15, 0.2) is 0 Å². The highest BCUT2D eigenvalue weighted by atomic mass is 16.5. The summed E-state index contributed by atoms with van der Waals surface area (Å²) in [6.45, 7) is 2.20. The van der Waals surface area contributed by atoms with Crippen molar-refractivity contribution in [3.8, 4) is 17.6 Å². The molecule has 2 aliphatic rings. The molecule has 0 bridgehead atoms. The topological polar surface area (TPSA) is 77.4 Å². The molecule has 1 unspecified atom stereocenters. The zero-order chi connectivity index (χ0) is 20.1. The molecule has 4 rings (SSSR count). The van der Waals surface area contributed by atoms with E-state index in [9.17, 15) is 10.1 Å². The highest BCUT2D eigenvalue weighted by Crippen LogP contribution is 2.22. The van der Waals surface area contributed by atoms with Crippen LogP contribution in [0.5, 0.6) is 11.5 Å². The first-order valence-electron chi connectivity index (χ1n) is 10.2. The molecular weight excluding hydrogens is 364 g/mol. The van der Waals surface area contributed by atoms with E-state index < -0.39 is 0 Å². The molecule has 2 aromatic carbocycles. The molecule has 0 aromatic heterocycles. The van der Waals surface area contributed by atoms with Gasteiger partial charge in [-0.15, -0.1) is 0 Å². The number of amides is 1. The van der Waals surface area contributed by atoms with E-state index in [1.165, 1.54) is 5.56 Å². The molecule has 0 spiro atoms. The third-order valence-electron chi connectivity index (χ3n) is 5.61. The molecular formula is C23H26N4O2. The minimum absolute atomic E-state index is 0.0702. The minimum Gasteiger partial charge on any atom is -0.457 e. The molecule has 0 saturated carbocycles. The predicted octanol–water partition coefficient (Wildman–Crippen LogP) is 2.81. The Labute approximate surface area is 171 Å². The van der Waals surface area contributed by atoms with Crippen molar-refractivity contribution < 1.29 is 9.53 Å². The highest BCUT2D eigenvalue weighted by molar-refractivity contribution is 5.83. The zero-order valence-corrected chi connectivity index (χ0v) is 16.4. The molecule has 1 amide bonds. The quantitative estimate of drug-likeness (QED) is 0.793. The van der Waals surface area contributed by atoms with Crippen molar-refractivity contribution in [2.24, 2.45) is 0 Å². The third-order valence-corrected chi connectivity index (χ3v) is 5.61. The number of para-hydroxylation sites is 1. The fourth-order valence-corrected chi connectivity index (χ4v) is 4.01. The molecule has 29 heavy (non-hydrogen) atoms. The second kappa shape index (κ2) is 9.08. The van der Waals surface area contributed by atoms with Crippen LogP contribution >= 0.6 is 0 Å². The van der Waals surface area contributed by atoms with Crippen molar-refractivity contribution in [3.05, 3.63) is 60.2 Å². The predicted molar refractivity (Wildman–Crippen MR) is 110 cm³/mol. The van der Waals surface area contributed by atoms with Gasteiger partial charge in [-0.1, -0.05) is 30.3 Å².